The first-order chi connectivity index (χ1) is 14.0. The number of rotatable bonds is 8. The third-order valence-corrected chi connectivity index (χ3v) is 5.58. The van der Waals surface area contributed by atoms with Gasteiger partial charge in [0.1, 0.15) is 5.75 Å². The van der Waals surface area contributed by atoms with E-state index in [0.717, 1.165) is 42.6 Å². The van der Waals surface area contributed by atoms with Gasteiger partial charge in [-0.05, 0) is 62.1 Å². The van der Waals surface area contributed by atoms with Crippen molar-refractivity contribution in [2.45, 2.75) is 57.6 Å². The summed E-state index contributed by atoms with van der Waals surface area (Å²) >= 11 is 0. The number of amides is 1. The van der Waals surface area contributed by atoms with Crippen LogP contribution in [0, 0.1) is 0 Å². The summed E-state index contributed by atoms with van der Waals surface area (Å²) in [4.78, 5) is 13.3. The minimum Gasteiger partial charge on any atom is -0.493 e. The number of hydrogen-bond acceptors (Lipinski definition) is 4. The number of methoxy groups -OCH3 is 2. The van der Waals surface area contributed by atoms with Crippen LogP contribution in [-0.2, 0) is 16.8 Å². The van der Waals surface area contributed by atoms with E-state index >= 15 is 0 Å². The second-order valence-electron chi connectivity index (χ2n) is 7.85. The molecule has 0 unspecified atom stereocenters. The fourth-order valence-corrected chi connectivity index (χ4v) is 4.07. The number of carbonyl (C=O) groups excluding carboxylic acids is 1. The molecule has 3 rings (SSSR count). The van der Waals surface area contributed by atoms with Crippen LogP contribution in [0.25, 0.3) is 0 Å². The lowest BCUT2D eigenvalue weighted by Crippen LogP contribution is -2.42. The lowest BCUT2D eigenvalue weighted by Gasteiger charge is -2.29. The van der Waals surface area contributed by atoms with E-state index in [4.69, 9.17) is 14.2 Å². The summed E-state index contributed by atoms with van der Waals surface area (Å²) in [6.45, 7) is 4.50. The Morgan fingerprint density at radius 2 is 1.66 bits per heavy atom. The molecule has 0 spiro atoms. The zero-order valence-electron chi connectivity index (χ0n) is 17.8. The van der Waals surface area contributed by atoms with E-state index in [2.05, 4.69) is 5.32 Å². The van der Waals surface area contributed by atoms with Gasteiger partial charge in [0, 0.05) is 6.54 Å². The van der Waals surface area contributed by atoms with Crippen molar-refractivity contribution in [3.63, 3.8) is 0 Å². The molecule has 1 N–H and O–H groups in total. The zero-order chi connectivity index (χ0) is 20.9. The highest BCUT2D eigenvalue weighted by Gasteiger charge is 2.43. The van der Waals surface area contributed by atoms with Gasteiger partial charge in [-0.3, -0.25) is 4.79 Å². The van der Waals surface area contributed by atoms with Crippen molar-refractivity contribution in [2.24, 2.45) is 0 Å². The molecule has 0 heterocycles. The van der Waals surface area contributed by atoms with Crippen molar-refractivity contribution in [2.75, 3.05) is 14.2 Å². The summed E-state index contributed by atoms with van der Waals surface area (Å²) in [6.07, 6.45) is 3.92. The molecular weight excluding hydrogens is 366 g/mol. The third kappa shape index (κ3) is 4.66. The fraction of sp³-hybridized carbons (Fsp3) is 0.458. The smallest absolute Gasteiger partial charge is 0.230 e. The van der Waals surface area contributed by atoms with Gasteiger partial charge < -0.3 is 19.5 Å². The minimum absolute atomic E-state index is 0.0738. The van der Waals surface area contributed by atoms with Gasteiger partial charge in [-0.15, -0.1) is 0 Å². The van der Waals surface area contributed by atoms with E-state index in [0.29, 0.717) is 18.0 Å². The van der Waals surface area contributed by atoms with E-state index in [1.165, 1.54) is 0 Å². The first-order valence-corrected chi connectivity index (χ1v) is 10.2. The molecule has 29 heavy (non-hydrogen) atoms. The monoisotopic (exact) mass is 397 g/mol. The van der Waals surface area contributed by atoms with E-state index < -0.39 is 5.41 Å². The van der Waals surface area contributed by atoms with Crippen LogP contribution < -0.4 is 19.5 Å². The quantitative estimate of drug-likeness (QED) is 0.706. The minimum atomic E-state index is -0.514. The van der Waals surface area contributed by atoms with Gasteiger partial charge in [0.15, 0.2) is 11.5 Å². The van der Waals surface area contributed by atoms with Gasteiger partial charge in [0.05, 0.1) is 25.7 Å². The molecule has 1 aliphatic carbocycles. The van der Waals surface area contributed by atoms with Crippen molar-refractivity contribution < 1.29 is 19.0 Å². The van der Waals surface area contributed by atoms with E-state index in [-0.39, 0.29) is 12.0 Å². The number of benzene rings is 2. The Kier molecular flexibility index (Phi) is 6.68. The second-order valence-corrected chi connectivity index (χ2v) is 7.85. The molecule has 0 radical (unpaired) electrons. The molecule has 0 saturated heterocycles. The van der Waals surface area contributed by atoms with E-state index in [9.17, 15) is 4.79 Å². The number of ether oxygens (including phenoxy) is 3. The van der Waals surface area contributed by atoms with Crippen LogP contribution in [-0.4, -0.2) is 26.2 Å². The number of hydrogen-bond donors (Lipinski definition) is 1. The Balaban J connectivity index is 1.74. The summed E-state index contributed by atoms with van der Waals surface area (Å²) in [5.41, 5.74) is 1.53. The molecule has 156 valence electrons. The van der Waals surface area contributed by atoms with Crippen LogP contribution in [0.3, 0.4) is 0 Å². The number of nitrogens with one attached hydrogen (secondary N) is 1. The topological polar surface area (TPSA) is 56.8 Å². The van der Waals surface area contributed by atoms with Crippen LogP contribution in [0.5, 0.6) is 17.2 Å². The van der Waals surface area contributed by atoms with E-state index in [1.807, 2.05) is 56.3 Å². The Morgan fingerprint density at radius 1 is 1.00 bits per heavy atom. The predicted molar refractivity (Wildman–Crippen MR) is 114 cm³/mol. The molecule has 2 aromatic carbocycles. The van der Waals surface area contributed by atoms with Gasteiger partial charge >= 0.3 is 0 Å². The average molecular weight is 398 g/mol. The van der Waals surface area contributed by atoms with Crippen molar-refractivity contribution >= 4 is 5.91 Å². The molecule has 0 atom stereocenters. The Morgan fingerprint density at radius 3 is 2.24 bits per heavy atom. The highest BCUT2D eigenvalue weighted by atomic mass is 16.5. The van der Waals surface area contributed by atoms with Crippen LogP contribution in [0.2, 0.25) is 0 Å². The van der Waals surface area contributed by atoms with E-state index in [1.54, 1.807) is 14.2 Å². The normalized spacial score (nSPS) is 15.2. The number of carbonyl (C=O) groups is 1. The molecule has 1 saturated carbocycles. The van der Waals surface area contributed by atoms with Gasteiger partial charge in [-0.25, -0.2) is 0 Å². The lowest BCUT2D eigenvalue weighted by atomic mass is 9.77. The Hall–Kier alpha value is -2.69. The molecule has 2 aromatic rings. The van der Waals surface area contributed by atoms with Gasteiger partial charge in [0.2, 0.25) is 5.91 Å². The van der Waals surface area contributed by atoms with Crippen LogP contribution in [0.1, 0.15) is 50.7 Å². The first kappa shape index (κ1) is 21.0. The maximum Gasteiger partial charge on any atom is 0.230 e. The predicted octanol–water partition coefficient (Wildman–Crippen LogP) is 4.62. The summed E-state index contributed by atoms with van der Waals surface area (Å²) in [5, 5.41) is 3.15. The summed E-state index contributed by atoms with van der Waals surface area (Å²) in [7, 11) is 3.24. The van der Waals surface area contributed by atoms with Crippen molar-refractivity contribution in [3.8, 4) is 17.2 Å². The molecule has 0 aliphatic heterocycles. The molecule has 5 heteroatoms. The summed E-state index contributed by atoms with van der Waals surface area (Å²) in [6, 6.07) is 13.7. The van der Waals surface area contributed by atoms with Crippen molar-refractivity contribution in [1.29, 1.82) is 0 Å². The Bertz CT molecular complexity index is 823. The van der Waals surface area contributed by atoms with Crippen LogP contribution in [0.4, 0.5) is 0 Å². The molecule has 1 amide bonds. The van der Waals surface area contributed by atoms with Crippen molar-refractivity contribution in [1.82, 2.24) is 5.32 Å². The average Bonchev–Trinajstić information content (AvgIpc) is 3.23. The maximum absolute atomic E-state index is 13.3. The molecule has 1 fully saturated rings. The highest BCUT2D eigenvalue weighted by Crippen LogP contribution is 2.44. The molecule has 5 nitrogen and oxygen atoms in total. The van der Waals surface area contributed by atoms with Crippen LogP contribution >= 0.6 is 0 Å². The molecule has 1 aliphatic rings. The van der Waals surface area contributed by atoms with Crippen LogP contribution in [0.15, 0.2) is 42.5 Å². The Labute approximate surface area is 173 Å². The van der Waals surface area contributed by atoms with Gasteiger partial charge in [-0.1, -0.05) is 31.0 Å². The highest BCUT2D eigenvalue weighted by molar-refractivity contribution is 5.88. The SMILES string of the molecule is COc1ccc(C2(C(=O)NCc3ccc(OC(C)C)cc3)CCCC2)cc1OC. The van der Waals surface area contributed by atoms with Gasteiger partial charge in [0.25, 0.3) is 0 Å². The zero-order valence-corrected chi connectivity index (χ0v) is 17.8. The standard InChI is InChI=1S/C24H31NO4/c1-17(2)29-20-10-7-18(8-11-20)16-25-23(26)24(13-5-6-14-24)19-9-12-21(27-3)22(15-19)28-4/h7-12,15,17H,5-6,13-14,16H2,1-4H3,(H,25,26). The fourth-order valence-electron chi connectivity index (χ4n) is 4.07. The second kappa shape index (κ2) is 9.21. The van der Waals surface area contributed by atoms with Gasteiger partial charge in [-0.2, -0.15) is 0 Å². The largest absolute Gasteiger partial charge is 0.493 e. The molecule has 0 aromatic heterocycles. The van der Waals surface area contributed by atoms with Crippen molar-refractivity contribution in [3.05, 3.63) is 53.6 Å². The first-order valence-electron chi connectivity index (χ1n) is 10.2. The lowest BCUT2D eigenvalue weighted by molar-refractivity contribution is -0.126. The molecule has 0 bridgehead atoms. The molecular formula is C24H31NO4. The summed E-state index contributed by atoms with van der Waals surface area (Å²) < 4.78 is 16.5. The maximum atomic E-state index is 13.3. The summed E-state index contributed by atoms with van der Waals surface area (Å²) in [5.74, 6) is 2.25. The third-order valence-electron chi connectivity index (χ3n) is 5.58.